The van der Waals surface area contributed by atoms with Gasteiger partial charge in [-0.2, -0.15) is 0 Å². The first-order chi connectivity index (χ1) is 10.2. The van der Waals surface area contributed by atoms with Crippen LogP contribution in [0.1, 0.15) is 24.1 Å². The van der Waals surface area contributed by atoms with Gasteiger partial charge in [-0.1, -0.05) is 30.9 Å². The molecule has 2 rings (SSSR count). The number of hydrogen-bond donors (Lipinski definition) is 3. The Morgan fingerprint density at radius 2 is 2.43 bits per heavy atom. The van der Waals surface area contributed by atoms with Crippen molar-refractivity contribution < 1.29 is 0 Å². The van der Waals surface area contributed by atoms with E-state index in [-0.39, 0.29) is 0 Å². The molecule has 1 aliphatic carbocycles. The van der Waals surface area contributed by atoms with Crippen LogP contribution in [0.25, 0.3) is 6.08 Å². The van der Waals surface area contributed by atoms with Crippen LogP contribution in [-0.4, -0.2) is 9.97 Å². The molecule has 0 fully saturated rings. The second-order valence-electron chi connectivity index (χ2n) is 4.72. The Morgan fingerprint density at radius 1 is 1.57 bits per heavy atom. The Labute approximate surface area is 125 Å². The molecule has 4 N–H and O–H groups in total. The average molecular weight is 280 g/mol. The topological polar surface area (TPSA) is 66.7 Å². The predicted molar refractivity (Wildman–Crippen MR) is 87.0 cm³/mol. The highest BCUT2D eigenvalue weighted by Crippen LogP contribution is 2.13. The van der Waals surface area contributed by atoms with E-state index in [0.29, 0.717) is 6.54 Å². The van der Waals surface area contributed by atoms with E-state index in [2.05, 4.69) is 33.7 Å². The molecule has 1 heterocycles. The lowest BCUT2D eigenvalue weighted by atomic mass is 10.2. The quantitative estimate of drug-likeness (QED) is 0.574. The van der Waals surface area contributed by atoms with E-state index in [9.17, 15) is 0 Å². The Kier molecular flexibility index (Phi) is 5.02. The molecule has 0 atom stereocenters. The highest BCUT2D eigenvalue weighted by molar-refractivity contribution is 5.52. The first kappa shape index (κ1) is 14.7. The van der Waals surface area contributed by atoms with Gasteiger partial charge in [-0.3, -0.25) is 0 Å². The smallest absolute Gasteiger partial charge is 0.126 e. The summed E-state index contributed by atoms with van der Waals surface area (Å²) in [5, 5.41) is 3.28. The molecule has 0 amide bonds. The van der Waals surface area contributed by atoms with Crippen LogP contribution in [0.3, 0.4) is 0 Å². The molecular formula is C17H20N4. The third kappa shape index (κ3) is 4.13. The van der Waals surface area contributed by atoms with Crippen molar-refractivity contribution in [2.24, 2.45) is 5.73 Å². The molecule has 0 aromatic carbocycles. The number of nitrogens with one attached hydrogen (secondary N) is 2. The van der Waals surface area contributed by atoms with Gasteiger partial charge >= 0.3 is 0 Å². The van der Waals surface area contributed by atoms with Crippen molar-refractivity contribution in [3.8, 4) is 0 Å². The summed E-state index contributed by atoms with van der Waals surface area (Å²) >= 11 is 0. The van der Waals surface area contributed by atoms with Gasteiger partial charge in [0.05, 0.1) is 17.9 Å². The molecule has 0 spiro atoms. The minimum absolute atomic E-state index is 0.594. The zero-order valence-electron chi connectivity index (χ0n) is 12.2. The van der Waals surface area contributed by atoms with Crippen LogP contribution in [0.2, 0.25) is 0 Å². The molecule has 1 aromatic heterocycles. The number of aromatic amines is 1. The molecule has 1 aromatic rings. The number of nitrogens with two attached hydrogens (primary N) is 1. The number of aromatic nitrogens is 2. The van der Waals surface area contributed by atoms with Crippen LogP contribution in [0, 0.1) is 0 Å². The molecule has 4 nitrogen and oxygen atoms in total. The first-order valence-electron chi connectivity index (χ1n) is 6.84. The average Bonchev–Trinajstić information content (AvgIpc) is 2.72. The monoisotopic (exact) mass is 280 g/mol. The second-order valence-corrected chi connectivity index (χ2v) is 4.72. The SMILES string of the molecule is C=C=C/C=C\C(NCc1nc2c([nH]1)CC=CC=C2)=C(/C)N. The summed E-state index contributed by atoms with van der Waals surface area (Å²) in [6, 6.07) is 0. The van der Waals surface area contributed by atoms with Crippen LogP contribution in [0.5, 0.6) is 0 Å². The molecule has 0 radical (unpaired) electrons. The molecule has 0 aliphatic heterocycles. The van der Waals surface area contributed by atoms with Crippen LogP contribution >= 0.6 is 0 Å². The van der Waals surface area contributed by atoms with Gasteiger partial charge < -0.3 is 16.0 Å². The lowest BCUT2D eigenvalue weighted by molar-refractivity contribution is 0.772. The van der Waals surface area contributed by atoms with Gasteiger partial charge in [0.2, 0.25) is 0 Å². The van der Waals surface area contributed by atoms with Crippen molar-refractivity contribution in [3.63, 3.8) is 0 Å². The Bertz CT molecular complexity index is 661. The van der Waals surface area contributed by atoms with Gasteiger partial charge in [0.25, 0.3) is 0 Å². The van der Waals surface area contributed by atoms with E-state index in [1.165, 1.54) is 0 Å². The Hall–Kier alpha value is -2.71. The van der Waals surface area contributed by atoms with Crippen LogP contribution in [-0.2, 0) is 13.0 Å². The van der Waals surface area contributed by atoms with Gasteiger partial charge in [0, 0.05) is 17.8 Å². The maximum absolute atomic E-state index is 5.87. The van der Waals surface area contributed by atoms with Crippen LogP contribution < -0.4 is 11.1 Å². The summed E-state index contributed by atoms with van der Waals surface area (Å²) in [6.07, 6.45) is 14.5. The number of nitrogens with zero attached hydrogens (tertiary/aromatic N) is 1. The summed E-state index contributed by atoms with van der Waals surface area (Å²) in [6.45, 7) is 5.96. The van der Waals surface area contributed by atoms with E-state index >= 15 is 0 Å². The van der Waals surface area contributed by atoms with Gasteiger partial charge in [-0.15, -0.1) is 5.73 Å². The molecule has 4 heteroatoms. The Balaban J connectivity index is 2.05. The fourth-order valence-electron chi connectivity index (χ4n) is 1.99. The fourth-order valence-corrected chi connectivity index (χ4v) is 1.99. The van der Waals surface area contributed by atoms with Gasteiger partial charge in [0.15, 0.2) is 0 Å². The molecule has 21 heavy (non-hydrogen) atoms. The fraction of sp³-hybridized carbons (Fsp3) is 0.176. The van der Waals surface area contributed by atoms with Crippen molar-refractivity contribution in [1.29, 1.82) is 0 Å². The molecule has 108 valence electrons. The molecule has 1 aliphatic rings. The van der Waals surface area contributed by atoms with Crippen LogP contribution in [0.4, 0.5) is 0 Å². The summed E-state index contributed by atoms with van der Waals surface area (Å²) in [5.74, 6) is 0.895. The minimum atomic E-state index is 0.594. The highest BCUT2D eigenvalue weighted by atomic mass is 15.0. The maximum atomic E-state index is 5.87. The van der Waals surface area contributed by atoms with Crippen molar-refractivity contribution in [2.45, 2.75) is 19.9 Å². The summed E-state index contributed by atoms with van der Waals surface area (Å²) < 4.78 is 0. The first-order valence-corrected chi connectivity index (χ1v) is 6.84. The molecule has 0 saturated carbocycles. The minimum Gasteiger partial charge on any atom is -0.401 e. The van der Waals surface area contributed by atoms with Crippen molar-refractivity contribution >= 4 is 6.08 Å². The van der Waals surface area contributed by atoms with Gasteiger partial charge in [-0.05, 0) is 25.2 Å². The molecule has 0 bridgehead atoms. The van der Waals surface area contributed by atoms with Gasteiger partial charge in [-0.25, -0.2) is 4.98 Å². The second kappa shape index (κ2) is 7.17. The third-order valence-corrected chi connectivity index (χ3v) is 3.03. The van der Waals surface area contributed by atoms with Crippen molar-refractivity contribution in [1.82, 2.24) is 15.3 Å². The van der Waals surface area contributed by atoms with Crippen molar-refractivity contribution in [3.05, 3.63) is 77.4 Å². The standard InChI is InChI=1S/C17H20N4/c1-3-4-6-9-14(13(2)18)19-12-17-20-15-10-7-5-8-11-16(15)21-17/h4-10,19H,1,11-12,18H2,2H3,(H,20,21)/b9-6-,14-13-. The summed E-state index contributed by atoms with van der Waals surface area (Å²) in [7, 11) is 0. The normalized spacial score (nSPS) is 14.3. The lowest BCUT2D eigenvalue weighted by Gasteiger charge is -2.07. The lowest BCUT2D eigenvalue weighted by Crippen LogP contribution is -2.16. The Morgan fingerprint density at radius 3 is 3.19 bits per heavy atom. The van der Waals surface area contributed by atoms with E-state index in [4.69, 9.17) is 5.73 Å². The number of rotatable bonds is 5. The van der Waals surface area contributed by atoms with E-state index in [1.54, 1.807) is 6.08 Å². The zero-order valence-corrected chi connectivity index (χ0v) is 12.2. The largest absolute Gasteiger partial charge is 0.401 e. The van der Waals surface area contributed by atoms with E-state index in [0.717, 1.165) is 35.0 Å². The number of imidazole rings is 1. The van der Waals surface area contributed by atoms with E-state index < -0.39 is 0 Å². The molecule has 0 saturated heterocycles. The zero-order chi connectivity index (χ0) is 15.1. The summed E-state index contributed by atoms with van der Waals surface area (Å²) in [4.78, 5) is 7.92. The third-order valence-electron chi connectivity index (χ3n) is 3.03. The molecule has 0 unspecified atom stereocenters. The van der Waals surface area contributed by atoms with Crippen molar-refractivity contribution in [2.75, 3.05) is 0 Å². The number of H-pyrrole nitrogens is 1. The maximum Gasteiger partial charge on any atom is 0.126 e. The summed E-state index contributed by atoms with van der Waals surface area (Å²) in [5.41, 5.74) is 12.3. The van der Waals surface area contributed by atoms with E-state index in [1.807, 2.05) is 37.3 Å². The number of fused-ring (bicyclic) bond motifs is 1. The molecular weight excluding hydrogens is 260 g/mol. The highest BCUT2D eigenvalue weighted by Gasteiger charge is 2.08. The number of hydrogen-bond acceptors (Lipinski definition) is 3. The van der Waals surface area contributed by atoms with Gasteiger partial charge in [0.1, 0.15) is 5.82 Å². The number of allylic oxidation sites excluding steroid dienone is 7. The van der Waals surface area contributed by atoms with Crippen LogP contribution in [0.15, 0.2) is 60.2 Å². The predicted octanol–water partition coefficient (Wildman–Crippen LogP) is 2.71.